The topological polar surface area (TPSA) is 0 Å². The maximum atomic E-state index is 12.5. The molecule has 0 aromatic rings. The quantitative estimate of drug-likeness (QED) is 0.578. The first kappa shape index (κ1) is 10.7. The minimum absolute atomic E-state index is 0.577. The van der Waals surface area contributed by atoms with Crippen LogP contribution < -0.4 is 0 Å². The van der Waals surface area contributed by atoms with E-state index in [1.807, 2.05) is 0 Å². The third kappa shape index (κ3) is 1.14. The van der Waals surface area contributed by atoms with E-state index in [4.69, 9.17) is 0 Å². The van der Waals surface area contributed by atoms with Crippen LogP contribution in [0.4, 0.5) is 26.3 Å². The summed E-state index contributed by atoms with van der Waals surface area (Å²) in [5.74, 6) is -6.17. The number of hydrogen-bond acceptors (Lipinski definition) is 0. The SMILES string of the molecule is CC(C(F)(F)F)C1(C)C(F)C1(F)F. The van der Waals surface area contributed by atoms with Gasteiger partial charge < -0.3 is 0 Å². The molecule has 1 rings (SSSR count). The lowest BCUT2D eigenvalue weighted by Gasteiger charge is -2.21. The van der Waals surface area contributed by atoms with Crippen LogP contribution in [0.1, 0.15) is 13.8 Å². The van der Waals surface area contributed by atoms with E-state index in [0.29, 0.717) is 13.8 Å². The summed E-state index contributed by atoms with van der Waals surface area (Å²) in [5.41, 5.74) is -2.58. The van der Waals surface area contributed by atoms with Crippen LogP contribution in [-0.2, 0) is 0 Å². The average Bonchev–Trinajstić information content (AvgIpc) is 2.32. The van der Waals surface area contributed by atoms with Crippen LogP contribution in [0.3, 0.4) is 0 Å². The van der Waals surface area contributed by atoms with Gasteiger partial charge >= 0.3 is 6.18 Å². The number of rotatable bonds is 1. The Balaban J connectivity index is 2.87. The molecule has 6 heteroatoms. The van der Waals surface area contributed by atoms with Crippen molar-refractivity contribution >= 4 is 0 Å². The minimum atomic E-state index is -4.78. The number of alkyl halides is 6. The lowest BCUT2D eigenvalue weighted by Crippen LogP contribution is -2.31. The van der Waals surface area contributed by atoms with Crippen molar-refractivity contribution in [2.45, 2.75) is 32.1 Å². The third-order valence-electron chi connectivity index (χ3n) is 2.87. The standard InChI is InChI=1S/C7H8F6/c1-3(7(11,12)13)5(2)4(8)6(5,9)10/h3-4H,1-2H3. The second-order valence-electron chi connectivity index (χ2n) is 3.53. The van der Waals surface area contributed by atoms with E-state index in [2.05, 4.69) is 0 Å². The zero-order valence-electron chi connectivity index (χ0n) is 6.92. The van der Waals surface area contributed by atoms with Gasteiger partial charge in [0.15, 0.2) is 6.17 Å². The molecule has 0 bridgehead atoms. The molecule has 0 aromatic carbocycles. The van der Waals surface area contributed by atoms with E-state index in [1.165, 1.54) is 0 Å². The molecular weight excluding hydrogens is 198 g/mol. The second-order valence-corrected chi connectivity index (χ2v) is 3.53. The highest BCUT2D eigenvalue weighted by Crippen LogP contribution is 2.68. The largest absolute Gasteiger partial charge is 0.392 e. The van der Waals surface area contributed by atoms with E-state index in [-0.39, 0.29) is 0 Å². The van der Waals surface area contributed by atoms with Crippen LogP contribution in [0.25, 0.3) is 0 Å². The van der Waals surface area contributed by atoms with Gasteiger partial charge in [-0.2, -0.15) is 13.2 Å². The van der Waals surface area contributed by atoms with Gasteiger partial charge in [0.25, 0.3) is 5.92 Å². The third-order valence-corrected chi connectivity index (χ3v) is 2.87. The molecule has 0 N–H and O–H groups in total. The van der Waals surface area contributed by atoms with Gasteiger partial charge in [0.05, 0.1) is 11.3 Å². The predicted molar refractivity (Wildman–Crippen MR) is 33.2 cm³/mol. The maximum absolute atomic E-state index is 12.5. The fourth-order valence-electron chi connectivity index (χ4n) is 1.35. The van der Waals surface area contributed by atoms with Crippen molar-refractivity contribution in [1.82, 2.24) is 0 Å². The highest BCUT2D eigenvalue weighted by Gasteiger charge is 2.84. The van der Waals surface area contributed by atoms with Crippen molar-refractivity contribution < 1.29 is 26.3 Å². The van der Waals surface area contributed by atoms with Crippen molar-refractivity contribution in [3.05, 3.63) is 0 Å². The summed E-state index contributed by atoms with van der Waals surface area (Å²) in [6.07, 6.45) is -7.46. The van der Waals surface area contributed by atoms with Crippen LogP contribution in [0.5, 0.6) is 0 Å². The Kier molecular flexibility index (Phi) is 1.91. The molecule has 0 aromatic heterocycles. The first-order chi connectivity index (χ1) is 5.56. The summed E-state index contributed by atoms with van der Waals surface area (Å²) < 4.78 is 73.4. The molecule has 3 unspecified atom stereocenters. The van der Waals surface area contributed by atoms with Crippen LogP contribution in [0, 0.1) is 11.3 Å². The van der Waals surface area contributed by atoms with Crippen molar-refractivity contribution in [3.63, 3.8) is 0 Å². The summed E-state index contributed by atoms with van der Waals surface area (Å²) >= 11 is 0. The van der Waals surface area contributed by atoms with Gasteiger partial charge in [0.1, 0.15) is 0 Å². The van der Waals surface area contributed by atoms with E-state index >= 15 is 0 Å². The molecule has 1 aliphatic carbocycles. The van der Waals surface area contributed by atoms with Crippen LogP contribution in [0.15, 0.2) is 0 Å². The van der Waals surface area contributed by atoms with E-state index in [1.54, 1.807) is 0 Å². The molecule has 0 heterocycles. The summed E-state index contributed by atoms with van der Waals surface area (Å²) in [6.45, 7) is 1.20. The smallest absolute Gasteiger partial charge is 0.240 e. The Bertz CT molecular complexity index is 220. The lowest BCUT2D eigenvalue weighted by atomic mass is 9.91. The van der Waals surface area contributed by atoms with Gasteiger partial charge in [-0.05, 0) is 0 Å². The maximum Gasteiger partial charge on any atom is 0.392 e. The highest BCUT2D eigenvalue weighted by molar-refractivity contribution is 5.20. The van der Waals surface area contributed by atoms with Crippen molar-refractivity contribution in [2.24, 2.45) is 11.3 Å². The normalized spacial score (nSPS) is 40.2. The van der Waals surface area contributed by atoms with E-state index < -0.39 is 29.6 Å². The molecule has 1 aliphatic rings. The Labute approximate surface area is 70.9 Å². The number of halogens is 6. The monoisotopic (exact) mass is 206 g/mol. The van der Waals surface area contributed by atoms with Gasteiger partial charge in [-0.25, -0.2) is 13.2 Å². The van der Waals surface area contributed by atoms with Gasteiger partial charge in [-0.1, -0.05) is 13.8 Å². The molecule has 0 nitrogen and oxygen atoms in total. The predicted octanol–water partition coefficient (Wildman–Crippen LogP) is 3.18. The van der Waals surface area contributed by atoms with Crippen LogP contribution in [0.2, 0.25) is 0 Å². The molecule has 0 aliphatic heterocycles. The first-order valence-corrected chi connectivity index (χ1v) is 3.65. The average molecular weight is 206 g/mol. The Morgan fingerprint density at radius 1 is 1.23 bits per heavy atom. The van der Waals surface area contributed by atoms with Gasteiger partial charge in [-0.15, -0.1) is 0 Å². The first-order valence-electron chi connectivity index (χ1n) is 3.65. The molecule has 78 valence electrons. The Morgan fingerprint density at radius 2 is 1.54 bits per heavy atom. The van der Waals surface area contributed by atoms with Crippen LogP contribution >= 0.6 is 0 Å². The van der Waals surface area contributed by atoms with Gasteiger partial charge in [-0.3, -0.25) is 0 Å². The molecule has 3 atom stereocenters. The zero-order valence-corrected chi connectivity index (χ0v) is 6.92. The highest BCUT2D eigenvalue weighted by atomic mass is 19.4. The zero-order chi connectivity index (χ0) is 10.7. The molecule has 0 spiro atoms. The number of hydrogen-bond donors (Lipinski definition) is 0. The summed E-state index contributed by atoms with van der Waals surface area (Å²) in [7, 11) is 0. The lowest BCUT2D eigenvalue weighted by molar-refractivity contribution is -0.196. The molecule has 0 saturated heterocycles. The van der Waals surface area contributed by atoms with E-state index in [0.717, 1.165) is 0 Å². The molecular formula is C7H8F6. The van der Waals surface area contributed by atoms with Crippen molar-refractivity contribution in [2.75, 3.05) is 0 Å². The van der Waals surface area contributed by atoms with E-state index in [9.17, 15) is 26.3 Å². The molecule has 0 radical (unpaired) electrons. The molecule has 1 fully saturated rings. The van der Waals surface area contributed by atoms with Gasteiger partial charge in [0.2, 0.25) is 0 Å². The summed E-state index contributed by atoms with van der Waals surface area (Å²) in [4.78, 5) is 0. The fourth-order valence-corrected chi connectivity index (χ4v) is 1.35. The van der Waals surface area contributed by atoms with Gasteiger partial charge in [0, 0.05) is 0 Å². The van der Waals surface area contributed by atoms with Crippen molar-refractivity contribution in [3.8, 4) is 0 Å². The fraction of sp³-hybridized carbons (Fsp3) is 1.00. The summed E-state index contributed by atoms with van der Waals surface area (Å²) in [6, 6.07) is 0. The Morgan fingerprint density at radius 3 is 1.62 bits per heavy atom. The molecule has 1 saturated carbocycles. The Hall–Kier alpha value is -0.420. The second kappa shape index (κ2) is 2.33. The molecule has 0 amide bonds. The minimum Gasteiger partial charge on any atom is -0.240 e. The summed E-state index contributed by atoms with van der Waals surface area (Å²) in [5, 5.41) is 0. The molecule has 13 heavy (non-hydrogen) atoms. The van der Waals surface area contributed by atoms with Crippen molar-refractivity contribution in [1.29, 1.82) is 0 Å². The van der Waals surface area contributed by atoms with Crippen LogP contribution in [-0.4, -0.2) is 18.3 Å².